The second-order valence-electron chi connectivity index (χ2n) is 4.71. The molecule has 3 rings (SSSR count). The molecule has 23 heavy (non-hydrogen) atoms. The normalized spacial score (nSPS) is 10.3. The first kappa shape index (κ1) is 15.6. The molecule has 7 heteroatoms. The van der Waals surface area contributed by atoms with Crippen LogP contribution in [0.5, 0.6) is 0 Å². The maximum atomic E-state index is 12.0. The standard InChI is InChI=1S/C16H12BrClN4O/c17-11-9-19-22(10-11)13-7-5-12(6-8-13)20-16(23)21-15-4-2-1-3-14(15)18/h1-10H,(H2,20,21,23). The smallest absolute Gasteiger partial charge is 0.308 e. The van der Waals surface area contributed by atoms with Gasteiger partial charge in [0.25, 0.3) is 0 Å². The van der Waals surface area contributed by atoms with E-state index in [0.717, 1.165) is 10.2 Å². The number of nitrogens with zero attached hydrogens (tertiary/aromatic N) is 2. The van der Waals surface area contributed by atoms with Gasteiger partial charge in [0.05, 0.1) is 27.1 Å². The predicted octanol–water partition coefficient (Wildman–Crippen LogP) is 4.93. The molecule has 0 unspecified atom stereocenters. The first-order valence-corrected chi connectivity index (χ1v) is 7.92. The zero-order valence-corrected chi connectivity index (χ0v) is 14.2. The maximum absolute atomic E-state index is 12.0. The molecule has 0 radical (unpaired) electrons. The zero-order chi connectivity index (χ0) is 16.2. The van der Waals surface area contributed by atoms with Crippen LogP contribution in [0, 0.1) is 0 Å². The Hall–Kier alpha value is -2.31. The molecule has 2 N–H and O–H groups in total. The SMILES string of the molecule is O=C(Nc1ccc(-n2cc(Br)cn2)cc1)Nc1ccccc1Cl. The topological polar surface area (TPSA) is 59.0 Å². The highest BCUT2D eigenvalue weighted by molar-refractivity contribution is 9.10. The summed E-state index contributed by atoms with van der Waals surface area (Å²) in [5, 5.41) is 10.1. The fourth-order valence-corrected chi connectivity index (χ4v) is 2.46. The minimum Gasteiger partial charge on any atom is -0.308 e. The average molecular weight is 392 g/mol. The van der Waals surface area contributed by atoms with Crippen LogP contribution in [-0.4, -0.2) is 15.8 Å². The number of anilines is 2. The van der Waals surface area contributed by atoms with E-state index in [2.05, 4.69) is 31.7 Å². The monoisotopic (exact) mass is 390 g/mol. The van der Waals surface area contributed by atoms with Crippen molar-refractivity contribution in [2.45, 2.75) is 0 Å². The number of rotatable bonds is 3. The van der Waals surface area contributed by atoms with Crippen molar-refractivity contribution in [1.29, 1.82) is 0 Å². The molecule has 0 atom stereocenters. The molecule has 2 aromatic carbocycles. The van der Waals surface area contributed by atoms with Crippen LogP contribution in [-0.2, 0) is 0 Å². The van der Waals surface area contributed by atoms with E-state index >= 15 is 0 Å². The van der Waals surface area contributed by atoms with Crippen molar-refractivity contribution in [2.24, 2.45) is 0 Å². The lowest BCUT2D eigenvalue weighted by Gasteiger charge is -2.09. The highest BCUT2D eigenvalue weighted by Gasteiger charge is 2.06. The van der Waals surface area contributed by atoms with Crippen molar-refractivity contribution >= 4 is 44.9 Å². The van der Waals surface area contributed by atoms with Gasteiger partial charge < -0.3 is 10.6 Å². The van der Waals surface area contributed by atoms with E-state index in [0.29, 0.717) is 16.4 Å². The molecular formula is C16H12BrClN4O. The van der Waals surface area contributed by atoms with Crippen LogP contribution in [0.4, 0.5) is 16.2 Å². The minimum atomic E-state index is -0.354. The summed E-state index contributed by atoms with van der Waals surface area (Å²) in [6, 6.07) is 14.0. The third kappa shape index (κ3) is 3.91. The minimum absolute atomic E-state index is 0.354. The molecular weight excluding hydrogens is 380 g/mol. The van der Waals surface area contributed by atoms with Crippen LogP contribution in [0.1, 0.15) is 0 Å². The summed E-state index contributed by atoms with van der Waals surface area (Å²) in [6.07, 6.45) is 3.57. The number of halogens is 2. The Kier molecular flexibility index (Phi) is 4.64. The van der Waals surface area contributed by atoms with Crippen molar-refractivity contribution in [3.05, 3.63) is 70.4 Å². The molecule has 0 spiro atoms. The molecule has 2 amide bonds. The van der Waals surface area contributed by atoms with Crippen molar-refractivity contribution in [3.8, 4) is 5.69 Å². The van der Waals surface area contributed by atoms with Crippen molar-refractivity contribution in [2.75, 3.05) is 10.6 Å². The second kappa shape index (κ2) is 6.85. The molecule has 0 bridgehead atoms. The molecule has 0 aliphatic heterocycles. The lowest BCUT2D eigenvalue weighted by molar-refractivity contribution is 0.262. The first-order chi connectivity index (χ1) is 11.1. The summed E-state index contributed by atoms with van der Waals surface area (Å²) in [7, 11) is 0. The predicted molar refractivity (Wildman–Crippen MR) is 95.4 cm³/mol. The Morgan fingerprint density at radius 2 is 1.83 bits per heavy atom. The number of carbonyl (C=O) groups excluding carboxylic acids is 1. The molecule has 3 aromatic rings. The number of hydrogen-bond acceptors (Lipinski definition) is 2. The van der Waals surface area contributed by atoms with Crippen LogP contribution in [0.3, 0.4) is 0 Å². The summed E-state index contributed by atoms with van der Waals surface area (Å²) in [6.45, 7) is 0. The van der Waals surface area contributed by atoms with Crippen molar-refractivity contribution in [3.63, 3.8) is 0 Å². The number of hydrogen-bond donors (Lipinski definition) is 2. The van der Waals surface area contributed by atoms with Gasteiger partial charge in [-0.05, 0) is 52.3 Å². The van der Waals surface area contributed by atoms with Gasteiger partial charge in [-0.15, -0.1) is 0 Å². The van der Waals surface area contributed by atoms with Crippen molar-refractivity contribution in [1.82, 2.24) is 9.78 Å². The van der Waals surface area contributed by atoms with Crippen molar-refractivity contribution < 1.29 is 4.79 Å². The van der Waals surface area contributed by atoms with E-state index in [1.54, 1.807) is 47.3 Å². The fourth-order valence-electron chi connectivity index (χ4n) is 1.99. The Morgan fingerprint density at radius 1 is 1.09 bits per heavy atom. The molecule has 116 valence electrons. The Balaban J connectivity index is 1.66. The number of urea groups is 1. The van der Waals surface area contributed by atoms with E-state index in [-0.39, 0.29) is 6.03 Å². The molecule has 0 saturated carbocycles. The van der Waals surface area contributed by atoms with E-state index in [1.807, 2.05) is 18.3 Å². The van der Waals surface area contributed by atoms with Gasteiger partial charge in [-0.2, -0.15) is 5.10 Å². The van der Waals surface area contributed by atoms with Crippen LogP contribution in [0.15, 0.2) is 65.4 Å². The summed E-state index contributed by atoms with van der Waals surface area (Å²) in [5.74, 6) is 0. The van der Waals surface area contributed by atoms with E-state index in [1.165, 1.54) is 0 Å². The third-order valence-corrected chi connectivity index (χ3v) is 3.80. The van der Waals surface area contributed by atoms with Gasteiger partial charge in [-0.3, -0.25) is 0 Å². The summed E-state index contributed by atoms with van der Waals surface area (Å²) in [5.41, 5.74) is 2.13. The van der Waals surface area contributed by atoms with Gasteiger partial charge in [0.2, 0.25) is 0 Å². The largest absolute Gasteiger partial charge is 0.323 e. The lowest BCUT2D eigenvalue weighted by Crippen LogP contribution is -2.19. The van der Waals surface area contributed by atoms with Crippen LogP contribution in [0.25, 0.3) is 5.69 Å². The van der Waals surface area contributed by atoms with Gasteiger partial charge >= 0.3 is 6.03 Å². The van der Waals surface area contributed by atoms with E-state index in [9.17, 15) is 4.79 Å². The van der Waals surface area contributed by atoms with E-state index < -0.39 is 0 Å². The highest BCUT2D eigenvalue weighted by Crippen LogP contribution is 2.21. The Morgan fingerprint density at radius 3 is 2.48 bits per heavy atom. The quantitative estimate of drug-likeness (QED) is 0.665. The third-order valence-electron chi connectivity index (χ3n) is 3.06. The van der Waals surface area contributed by atoms with Gasteiger partial charge in [0.1, 0.15) is 0 Å². The summed E-state index contributed by atoms with van der Waals surface area (Å²) in [4.78, 5) is 12.0. The maximum Gasteiger partial charge on any atom is 0.323 e. The number of benzene rings is 2. The Bertz CT molecular complexity index is 832. The van der Waals surface area contributed by atoms with Crippen LogP contribution in [0.2, 0.25) is 5.02 Å². The molecule has 0 aliphatic rings. The molecule has 1 aromatic heterocycles. The highest BCUT2D eigenvalue weighted by atomic mass is 79.9. The first-order valence-electron chi connectivity index (χ1n) is 6.75. The number of carbonyl (C=O) groups is 1. The molecule has 0 aliphatic carbocycles. The van der Waals surface area contributed by atoms with Crippen LogP contribution < -0.4 is 10.6 Å². The molecule has 5 nitrogen and oxygen atoms in total. The second-order valence-corrected chi connectivity index (χ2v) is 6.03. The fraction of sp³-hybridized carbons (Fsp3) is 0. The Labute approximate surface area is 146 Å². The summed E-state index contributed by atoms with van der Waals surface area (Å²) < 4.78 is 2.64. The van der Waals surface area contributed by atoms with Gasteiger partial charge in [0.15, 0.2) is 0 Å². The number of nitrogens with one attached hydrogen (secondary N) is 2. The zero-order valence-electron chi connectivity index (χ0n) is 11.8. The number of amides is 2. The van der Waals surface area contributed by atoms with Gasteiger partial charge in [-0.1, -0.05) is 23.7 Å². The summed E-state index contributed by atoms with van der Waals surface area (Å²) >= 11 is 9.36. The average Bonchev–Trinajstić information content (AvgIpc) is 2.97. The number of para-hydroxylation sites is 1. The van der Waals surface area contributed by atoms with Gasteiger partial charge in [-0.25, -0.2) is 9.48 Å². The van der Waals surface area contributed by atoms with E-state index in [4.69, 9.17) is 11.6 Å². The lowest BCUT2D eigenvalue weighted by atomic mass is 10.3. The molecule has 1 heterocycles. The molecule has 0 fully saturated rings. The van der Waals surface area contributed by atoms with Crippen LogP contribution >= 0.6 is 27.5 Å². The number of aromatic nitrogens is 2. The molecule has 0 saturated heterocycles. The van der Waals surface area contributed by atoms with Gasteiger partial charge in [0, 0.05) is 11.9 Å².